The summed E-state index contributed by atoms with van der Waals surface area (Å²) in [5.41, 5.74) is 1.43. The van der Waals surface area contributed by atoms with Crippen molar-refractivity contribution in [2.24, 2.45) is 0 Å². The third kappa shape index (κ3) is 3.99. The van der Waals surface area contributed by atoms with E-state index >= 15 is 0 Å². The maximum atomic E-state index is 10.5. The zero-order valence-corrected chi connectivity index (χ0v) is 15.2. The van der Waals surface area contributed by atoms with E-state index in [9.17, 15) is 4.79 Å². The summed E-state index contributed by atoms with van der Waals surface area (Å²) in [7, 11) is 0. The van der Waals surface area contributed by atoms with Crippen LogP contribution < -0.4 is 0 Å². The van der Waals surface area contributed by atoms with Gasteiger partial charge in [-0.05, 0) is 45.8 Å². The molecule has 0 unspecified atom stereocenters. The topological polar surface area (TPSA) is 50.2 Å². The first-order chi connectivity index (χ1) is 13.7. The molecule has 0 amide bonds. The average molecular weight is 365 g/mol. The van der Waals surface area contributed by atoms with Gasteiger partial charge in [-0.3, -0.25) is 9.78 Å². The minimum Gasteiger partial charge on any atom is -0.481 e. The van der Waals surface area contributed by atoms with Crippen LogP contribution in [-0.2, 0) is 11.2 Å². The molecule has 0 aliphatic rings. The predicted molar refractivity (Wildman–Crippen MR) is 115 cm³/mol. The minimum absolute atomic E-state index is 0.0230. The number of para-hydroxylation sites is 1. The first-order valence-electron chi connectivity index (χ1n) is 9.13. The molecule has 4 aromatic carbocycles. The highest BCUT2D eigenvalue weighted by Crippen LogP contribution is 2.22. The van der Waals surface area contributed by atoms with Crippen LogP contribution in [0.15, 0.2) is 97.1 Å². The molecule has 5 aromatic rings. The van der Waals surface area contributed by atoms with Crippen molar-refractivity contribution in [3.63, 3.8) is 0 Å². The Labute approximate surface area is 162 Å². The van der Waals surface area contributed by atoms with Gasteiger partial charge in [-0.1, -0.05) is 72.8 Å². The standard InChI is InChI=1S/C14H10.C11H9NO2/c1-2-6-12-10-14-8-4-3-7-13(14)9-11(12)5-1;13-11(14)7-9-6-5-8-3-1-2-4-10(8)12-9/h1-10H;1-6H,7H2,(H,13,14). The number of nitrogens with zero attached hydrogens (tertiary/aromatic N) is 1. The summed E-state index contributed by atoms with van der Waals surface area (Å²) in [5, 5.41) is 14.9. The fourth-order valence-electron chi connectivity index (χ4n) is 3.24. The van der Waals surface area contributed by atoms with E-state index in [-0.39, 0.29) is 6.42 Å². The second kappa shape index (κ2) is 7.89. The van der Waals surface area contributed by atoms with E-state index in [4.69, 9.17) is 5.11 Å². The molecule has 0 saturated carbocycles. The number of fused-ring (bicyclic) bond motifs is 3. The van der Waals surface area contributed by atoms with Gasteiger partial charge >= 0.3 is 5.97 Å². The number of benzene rings is 4. The summed E-state index contributed by atoms with van der Waals surface area (Å²) in [4.78, 5) is 14.7. The summed E-state index contributed by atoms with van der Waals surface area (Å²) in [6.07, 6.45) is -0.0230. The Morgan fingerprint density at radius 2 is 1.11 bits per heavy atom. The van der Waals surface area contributed by atoms with Crippen LogP contribution in [0.4, 0.5) is 0 Å². The monoisotopic (exact) mass is 365 g/mol. The summed E-state index contributed by atoms with van der Waals surface area (Å²) in [5.74, 6) is -0.854. The van der Waals surface area contributed by atoms with Gasteiger partial charge < -0.3 is 5.11 Å². The Morgan fingerprint density at radius 3 is 1.61 bits per heavy atom. The van der Waals surface area contributed by atoms with Gasteiger partial charge in [-0.2, -0.15) is 0 Å². The molecule has 0 spiro atoms. The zero-order chi connectivity index (χ0) is 19.3. The number of hydrogen-bond donors (Lipinski definition) is 1. The minimum atomic E-state index is -0.854. The highest BCUT2D eigenvalue weighted by molar-refractivity contribution is 5.98. The second-order valence-corrected chi connectivity index (χ2v) is 6.61. The fraction of sp³-hybridized carbons (Fsp3) is 0.0400. The summed E-state index contributed by atoms with van der Waals surface area (Å²) < 4.78 is 0. The lowest BCUT2D eigenvalue weighted by molar-refractivity contribution is -0.136. The van der Waals surface area contributed by atoms with Crippen LogP contribution in [0, 0.1) is 0 Å². The lowest BCUT2D eigenvalue weighted by Gasteiger charge is -2.00. The molecule has 3 nitrogen and oxygen atoms in total. The van der Waals surface area contributed by atoms with Crippen LogP contribution in [0.2, 0.25) is 0 Å². The number of aliphatic carboxylic acids is 1. The smallest absolute Gasteiger partial charge is 0.309 e. The molecular formula is C25H19NO2. The van der Waals surface area contributed by atoms with Crippen molar-refractivity contribution in [2.45, 2.75) is 6.42 Å². The number of carboxylic acid groups (broad SMARTS) is 1. The molecule has 0 atom stereocenters. The third-order valence-corrected chi connectivity index (χ3v) is 4.60. The Balaban J connectivity index is 0.000000137. The number of carbonyl (C=O) groups is 1. The average Bonchev–Trinajstić information content (AvgIpc) is 2.72. The van der Waals surface area contributed by atoms with Gasteiger partial charge in [0.05, 0.1) is 17.6 Å². The van der Waals surface area contributed by atoms with Crippen LogP contribution in [0.25, 0.3) is 32.4 Å². The Morgan fingerprint density at radius 1 is 0.643 bits per heavy atom. The number of hydrogen-bond acceptors (Lipinski definition) is 2. The van der Waals surface area contributed by atoms with Crippen molar-refractivity contribution < 1.29 is 9.90 Å². The van der Waals surface area contributed by atoms with E-state index < -0.39 is 5.97 Å². The number of aromatic nitrogens is 1. The van der Waals surface area contributed by atoms with E-state index in [1.165, 1.54) is 21.5 Å². The lowest BCUT2D eigenvalue weighted by Crippen LogP contribution is -2.01. The molecule has 1 heterocycles. The number of rotatable bonds is 2. The molecule has 0 aliphatic carbocycles. The van der Waals surface area contributed by atoms with E-state index in [0.717, 1.165) is 10.9 Å². The van der Waals surface area contributed by atoms with Crippen molar-refractivity contribution in [3.8, 4) is 0 Å². The van der Waals surface area contributed by atoms with E-state index in [0.29, 0.717) is 5.69 Å². The van der Waals surface area contributed by atoms with Gasteiger partial charge in [-0.25, -0.2) is 0 Å². The summed E-state index contributed by atoms with van der Waals surface area (Å²) >= 11 is 0. The van der Waals surface area contributed by atoms with E-state index in [2.05, 4.69) is 65.6 Å². The second-order valence-electron chi connectivity index (χ2n) is 6.61. The van der Waals surface area contributed by atoms with Gasteiger partial charge in [0, 0.05) is 5.39 Å². The van der Waals surface area contributed by atoms with Gasteiger partial charge in [-0.15, -0.1) is 0 Å². The molecular weight excluding hydrogens is 346 g/mol. The highest BCUT2D eigenvalue weighted by atomic mass is 16.4. The lowest BCUT2D eigenvalue weighted by atomic mass is 10.0. The molecule has 136 valence electrons. The van der Waals surface area contributed by atoms with Crippen molar-refractivity contribution in [3.05, 3.63) is 103 Å². The number of pyridine rings is 1. The molecule has 0 radical (unpaired) electrons. The van der Waals surface area contributed by atoms with Crippen molar-refractivity contribution >= 4 is 38.4 Å². The van der Waals surface area contributed by atoms with Crippen molar-refractivity contribution in [1.29, 1.82) is 0 Å². The van der Waals surface area contributed by atoms with Crippen molar-refractivity contribution in [1.82, 2.24) is 4.98 Å². The molecule has 0 fully saturated rings. The first-order valence-corrected chi connectivity index (χ1v) is 9.13. The summed E-state index contributed by atoms with van der Waals surface area (Å²) in [6, 6.07) is 32.7. The molecule has 3 heteroatoms. The first kappa shape index (κ1) is 17.7. The Kier molecular flexibility index (Phi) is 4.98. The van der Waals surface area contributed by atoms with Gasteiger partial charge in [0.15, 0.2) is 0 Å². The molecule has 0 bridgehead atoms. The Bertz CT molecular complexity index is 1170. The fourth-order valence-corrected chi connectivity index (χ4v) is 3.24. The third-order valence-electron chi connectivity index (χ3n) is 4.60. The predicted octanol–water partition coefficient (Wildman–Crippen LogP) is 5.85. The number of carboxylic acids is 1. The Hall–Kier alpha value is -3.72. The normalized spacial score (nSPS) is 10.6. The molecule has 5 rings (SSSR count). The quantitative estimate of drug-likeness (QED) is 0.399. The van der Waals surface area contributed by atoms with Gasteiger partial charge in [0.2, 0.25) is 0 Å². The molecule has 28 heavy (non-hydrogen) atoms. The van der Waals surface area contributed by atoms with Crippen molar-refractivity contribution in [2.75, 3.05) is 0 Å². The SMILES string of the molecule is O=C(O)Cc1ccc2ccccc2n1.c1ccc2cc3ccccc3cc2c1. The maximum Gasteiger partial charge on any atom is 0.309 e. The van der Waals surface area contributed by atoms with Crippen LogP contribution in [-0.4, -0.2) is 16.1 Å². The van der Waals surface area contributed by atoms with E-state index in [1.54, 1.807) is 6.07 Å². The molecule has 0 saturated heterocycles. The zero-order valence-electron chi connectivity index (χ0n) is 15.2. The van der Waals surface area contributed by atoms with Crippen LogP contribution >= 0.6 is 0 Å². The van der Waals surface area contributed by atoms with E-state index in [1.807, 2.05) is 30.3 Å². The van der Waals surface area contributed by atoms with Crippen LogP contribution in [0.3, 0.4) is 0 Å². The van der Waals surface area contributed by atoms with Crippen LogP contribution in [0.5, 0.6) is 0 Å². The summed E-state index contributed by atoms with van der Waals surface area (Å²) in [6.45, 7) is 0. The van der Waals surface area contributed by atoms with Crippen LogP contribution in [0.1, 0.15) is 5.69 Å². The maximum absolute atomic E-state index is 10.5. The molecule has 0 aliphatic heterocycles. The largest absolute Gasteiger partial charge is 0.481 e. The molecule has 1 N–H and O–H groups in total. The highest BCUT2D eigenvalue weighted by Gasteiger charge is 2.02. The molecule has 1 aromatic heterocycles. The van der Waals surface area contributed by atoms with Gasteiger partial charge in [0.25, 0.3) is 0 Å². The van der Waals surface area contributed by atoms with Gasteiger partial charge in [0.1, 0.15) is 0 Å².